The molecule has 1 amide bonds. The van der Waals surface area contributed by atoms with Crippen molar-refractivity contribution in [3.05, 3.63) is 81.3 Å². The van der Waals surface area contributed by atoms with Crippen LogP contribution in [0.5, 0.6) is 0 Å². The Labute approximate surface area is 207 Å². The molecule has 0 radical (unpaired) electrons. The van der Waals surface area contributed by atoms with Gasteiger partial charge in [0.15, 0.2) is 5.69 Å². The van der Waals surface area contributed by atoms with E-state index in [1.165, 1.54) is 42.7 Å². The lowest BCUT2D eigenvalue weighted by Crippen LogP contribution is -2.21. The van der Waals surface area contributed by atoms with Gasteiger partial charge in [-0.2, -0.15) is 18.3 Å². The molecule has 2 N–H and O–H groups in total. The van der Waals surface area contributed by atoms with E-state index in [0.29, 0.717) is 17.0 Å². The van der Waals surface area contributed by atoms with Crippen LogP contribution >= 0.6 is 11.6 Å². The highest BCUT2D eigenvalue weighted by Gasteiger charge is 2.41. The zero-order valence-electron chi connectivity index (χ0n) is 18.8. The predicted molar refractivity (Wildman–Crippen MR) is 127 cm³/mol. The molecule has 4 heterocycles. The van der Waals surface area contributed by atoms with Crippen molar-refractivity contribution in [2.45, 2.75) is 31.5 Å². The molecule has 2 unspecified atom stereocenters. The summed E-state index contributed by atoms with van der Waals surface area (Å²) >= 11 is 6.35. The summed E-state index contributed by atoms with van der Waals surface area (Å²) in [5.74, 6) is -1.03. The minimum Gasteiger partial charge on any atom is -0.378 e. The first-order valence-corrected chi connectivity index (χ1v) is 11.4. The van der Waals surface area contributed by atoms with Gasteiger partial charge < -0.3 is 15.0 Å². The molecule has 36 heavy (non-hydrogen) atoms. The van der Waals surface area contributed by atoms with E-state index in [2.05, 4.69) is 20.4 Å². The van der Waals surface area contributed by atoms with Gasteiger partial charge in [0.25, 0.3) is 11.5 Å². The predicted octanol–water partition coefficient (Wildman–Crippen LogP) is 4.93. The normalized spacial score (nSPS) is 18.0. The third-order valence-electron chi connectivity index (χ3n) is 6.02. The summed E-state index contributed by atoms with van der Waals surface area (Å²) in [6.07, 6.45) is -0.596. The molecule has 8 nitrogen and oxygen atoms in total. The highest BCUT2D eigenvalue weighted by atomic mass is 35.5. The number of alkyl halides is 3. The van der Waals surface area contributed by atoms with Crippen molar-refractivity contribution < 1.29 is 22.7 Å². The average Bonchev–Trinajstić information content (AvgIpc) is 3.46. The number of nitrogens with one attached hydrogen (secondary N) is 2. The number of halogens is 4. The summed E-state index contributed by atoms with van der Waals surface area (Å²) in [7, 11) is 0. The molecular formula is C24H19ClF3N5O3. The van der Waals surface area contributed by atoms with Gasteiger partial charge in [-0.1, -0.05) is 17.7 Å². The smallest absolute Gasteiger partial charge is 0.378 e. The first-order valence-electron chi connectivity index (χ1n) is 11.0. The molecule has 1 aliphatic rings. The number of anilines is 1. The van der Waals surface area contributed by atoms with Crippen LogP contribution in [0.1, 0.15) is 41.0 Å². The van der Waals surface area contributed by atoms with Gasteiger partial charge >= 0.3 is 6.18 Å². The van der Waals surface area contributed by atoms with E-state index < -0.39 is 28.9 Å². The molecule has 1 aromatic carbocycles. The van der Waals surface area contributed by atoms with Crippen LogP contribution in [-0.2, 0) is 10.9 Å². The van der Waals surface area contributed by atoms with Crippen LogP contribution in [0.4, 0.5) is 18.9 Å². The second-order valence-corrected chi connectivity index (χ2v) is 8.89. The number of benzene rings is 1. The van der Waals surface area contributed by atoms with E-state index >= 15 is 0 Å². The Morgan fingerprint density at radius 3 is 2.75 bits per heavy atom. The SMILES string of the molecule is CC1CC(c2ncc(NC(=O)c3cnn(-c4cccc5c(=O)[nH]ccc45)c3C(F)(F)F)cc2Cl)CO1. The molecular weight excluding hydrogens is 499 g/mol. The quantitative estimate of drug-likeness (QED) is 0.400. The number of pyridine rings is 2. The molecule has 2 atom stereocenters. The molecule has 5 rings (SSSR count). The number of aromatic nitrogens is 4. The minimum atomic E-state index is -4.93. The molecule has 0 aliphatic carbocycles. The van der Waals surface area contributed by atoms with Crippen molar-refractivity contribution in [1.82, 2.24) is 19.7 Å². The maximum Gasteiger partial charge on any atom is 0.434 e. The highest BCUT2D eigenvalue weighted by molar-refractivity contribution is 6.31. The topological polar surface area (TPSA) is 102 Å². The average molecular weight is 518 g/mol. The number of rotatable bonds is 4. The fourth-order valence-corrected chi connectivity index (χ4v) is 4.70. The molecule has 1 aliphatic heterocycles. The molecule has 0 bridgehead atoms. The number of carbonyl (C=O) groups is 1. The highest BCUT2D eigenvalue weighted by Crippen LogP contribution is 2.36. The van der Waals surface area contributed by atoms with E-state index in [1.54, 1.807) is 0 Å². The lowest BCUT2D eigenvalue weighted by atomic mass is 10.0. The molecule has 1 fully saturated rings. The fraction of sp³-hybridized carbons (Fsp3) is 0.250. The second-order valence-electron chi connectivity index (χ2n) is 8.48. The number of amides is 1. The minimum absolute atomic E-state index is 0.000229. The van der Waals surface area contributed by atoms with Gasteiger partial charge in [-0.15, -0.1) is 0 Å². The number of hydrogen-bond acceptors (Lipinski definition) is 5. The summed E-state index contributed by atoms with van der Waals surface area (Å²) in [5, 5.41) is 7.00. The van der Waals surface area contributed by atoms with Gasteiger partial charge in [0, 0.05) is 22.9 Å². The molecule has 1 saturated heterocycles. The third-order valence-corrected chi connectivity index (χ3v) is 6.32. The van der Waals surface area contributed by atoms with Crippen LogP contribution in [-0.4, -0.2) is 38.4 Å². The van der Waals surface area contributed by atoms with Crippen molar-refractivity contribution in [2.24, 2.45) is 0 Å². The number of H-pyrrole nitrogens is 1. The van der Waals surface area contributed by atoms with Gasteiger partial charge in [0.1, 0.15) is 0 Å². The van der Waals surface area contributed by atoms with E-state index in [1.807, 2.05) is 6.92 Å². The summed E-state index contributed by atoms with van der Waals surface area (Å²) in [6.45, 7) is 2.41. The van der Waals surface area contributed by atoms with Gasteiger partial charge in [-0.25, -0.2) is 4.68 Å². The number of aromatic amines is 1. The molecule has 186 valence electrons. The fourth-order valence-electron chi connectivity index (χ4n) is 4.38. The largest absolute Gasteiger partial charge is 0.434 e. The summed E-state index contributed by atoms with van der Waals surface area (Å²) in [6, 6.07) is 7.24. The van der Waals surface area contributed by atoms with Crippen LogP contribution in [0, 0.1) is 0 Å². The molecule has 0 saturated carbocycles. The maximum absolute atomic E-state index is 14.2. The van der Waals surface area contributed by atoms with Crippen LogP contribution < -0.4 is 10.9 Å². The lowest BCUT2D eigenvalue weighted by Gasteiger charge is -2.15. The Morgan fingerprint density at radius 1 is 1.25 bits per heavy atom. The van der Waals surface area contributed by atoms with Gasteiger partial charge in [0.05, 0.1) is 52.8 Å². The number of nitrogens with zero attached hydrogens (tertiary/aromatic N) is 3. The van der Waals surface area contributed by atoms with Gasteiger partial charge in [-0.3, -0.25) is 14.6 Å². The van der Waals surface area contributed by atoms with E-state index in [9.17, 15) is 22.8 Å². The van der Waals surface area contributed by atoms with Crippen molar-refractivity contribution in [2.75, 3.05) is 11.9 Å². The monoisotopic (exact) mass is 517 g/mol. The first-order chi connectivity index (χ1) is 17.1. The van der Waals surface area contributed by atoms with Crippen molar-refractivity contribution in [3.8, 4) is 5.69 Å². The maximum atomic E-state index is 14.2. The number of fused-ring (bicyclic) bond motifs is 1. The van der Waals surface area contributed by atoms with Crippen molar-refractivity contribution >= 4 is 34.0 Å². The Balaban J connectivity index is 1.50. The molecule has 0 spiro atoms. The lowest BCUT2D eigenvalue weighted by molar-refractivity contribution is -0.143. The van der Waals surface area contributed by atoms with Crippen molar-refractivity contribution in [3.63, 3.8) is 0 Å². The van der Waals surface area contributed by atoms with Gasteiger partial charge in [0.2, 0.25) is 0 Å². The standard InChI is InChI=1S/C24H19ClF3N5O3/c1-12-7-13(11-36-12)20-18(25)8-14(9-30-20)32-23(35)17-10-31-33(21(17)24(26,27)28)19-4-2-3-16-15(19)5-6-29-22(16)34/h2-6,8-10,12-13H,7,11H2,1H3,(H,29,34)(H,32,35). The van der Waals surface area contributed by atoms with Gasteiger partial charge in [-0.05, 0) is 37.6 Å². The number of hydrogen-bond donors (Lipinski definition) is 2. The molecule has 3 aromatic heterocycles. The summed E-state index contributed by atoms with van der Waals surface area (Å²) in [4.78, 5) is 31.8. The zero-order valence-corrected chi connectivity index (χ0v) is 19.5. The Hall–Kier alpha value is -3.70. The molecule has 12 heteroatoms. The molecule has 4 aromatic rings. The van der Waals surface area contributed by atoms with Crippen LogP contribution in [0.2, 0.25) is 5.02 Å². The second kappa shape index (κ2) is 9.07. The Kier molecular flexibility index (Phi) is 6.05. The Bertz CT molecular complexity index is 1530. The zero-order chi connectivity index (χ0) is 25.6. The van der Waals surface area contributed by atoms with E-state index in [-0.39, 0.29) is 39.2 Å². The van der Waals surface area contributed by atoms with Crippen molar-refractivity contribution in [1.29, 1.82) is 0 Å². The third kappa shape index (κ3) is 4.35. The van der Waals surface area contributed by atoms with E-state index in [4.69, 9.17) is 16.3 Å². The van der Waals surface area contributed by atoms with Crippen LogP contribution in [0.25, 0.3) is 16.5 Å². The first kappa shape index (κ1) is 24.0. The van der Waals surface area contributed by atoms with E-state index in [0.717, 1.165) is 12.6 Å². The number of carbonyl (C=O) groups excluding carboxylic acids is 1. The van der Waals surface area contributed by atoms with Crippen LogP contribution in [0.15, 0.2) is 53.7 Å². The Morgan fingerprint density at radius 2 is 2.06 bits per heavy atom. The summed E-state index contributed by atoms with van der Waals surface area (Å²) in [5.41, 5.74) is -1.68. The van der Waals surface area contributed by atoms with Crippen LogP contribution in [0.3, 0.4) is 0 Å². The number of ether oxygens (including phenoxy) is 1. The summed E-state index contributed by atoms with van der Waals surface area (Å²) < 4.78 is 48.7.